The average Bonchev–Trinajstić information content (AvgIpc) is 3.72. The van der Waals surface area contributed by atoms with E-state index in [1.807, 2.05) is 13.8 Å². The van der Waals surface area contributed by atoms with E-state index in [1.54, 1.807) is 46.8 Å². The number of methoxy groups -OCH3 is 1. The number of nitrogens with zero attached hydrogens (tertiary/aromatic N) is 2. The van der Waals surface area contributed by atoms with E-state index in [9.17, 15) is 39.7 Å². The first-order valence-electron chi connectivity index (χ1n) is 21.4. The van der Waals surface area contributed by atoms with Gasteiger partial charge in [-0.2, -0.15) is 0 Å². The number of hydroxylamine groups is 3. The van der Waals surface area contributed by atoms with Gasteiger partial charge in [-0.1, -0.05) is 59.8 Å². The van der Waals surface area contributed by atoms with Crippen LogP contribution in [0.3, 0.4) is 0 Å². The predicted octanol–water partition coefficient (Wildman–Crippen LogP) is 4.63. The number of aliphatic hydroxyl groups is 2. The molecule has 1 saturated heterocycles. The summed E-state index contributed by atoms with van der Waals surface area (Å²) >= 11 is 0. The van der Waals surface area contributed by atoms with Gasteiger partial charge in [-0.25, -0.2) is 0 Å². The number of aliphatic imine (C=N–C) groups is 1. The minimum absolute atomic E-state index is 0.0164. The largest absolute Gasteiger partial charge is 0.633 e. The molecule has 0 aromatic heterocycles. The van der Waals surface area contributed by atoms with Crippen LogP contribution in [0.15, 0.2) is 52.5 Å². The molecule has 1 amide bonds. The number of likely N-dealkylation sites (tertiary alicyclic amines) is 1. The number of hydrogen-bond donors (Lipinski definition) is 5. The van der Waals surface area contributed by atoms with Crippen molar-refractivity contribution >= 4 is 29.2 Å². The Morgan fingerprint density at radius 3 is 2.27 bits per heavy atom. The number of piperidine rings is 1. The third-order valence-electron chi connectivity index (χ3n) is 13.2. The summed E-state index contributed by atoms with van der Waals surface area (Å²) in [6.07, 6.45) is 4.28. The van der Waals surface area contributed by atoms with Gasteiger partial charge in [0.15, 0.2) is 0 Å². The van der Waals surface area contributed by atoms with Crippen LogP contribution in [-0.4, -0.2) is 112 Å². The quantitative estimate of drug-likeness (QED) is 0.158. The molecule has 0 radical (unpaired) electrons. The van der Waals surface area contributed by atoms with Crippen LogP contribution in [-0.2, 0) is 23.8 Å². The lowest BCUT2D eigenvalue weighted by atomic mass is 9.78. The maximum atomic E-state index is 14.7. The Hall–Kier alpha value is -4.87. The van der Waals surface area contributed by atoms with E-state index in [2.05, 4.69) is 10.6 Å². The molecule has 4 heterocycles. The van der Waals surface area contributed by atoms with Crippen LogP contribution in [0, 0.1) is 41.7 Å². The summed E-state index contributed by atoms with van der Waals surface area (Å²) in [4.78, 5) is 60.8. The lowest BCUT2D eigenvalue weighted by Crippen LogP contribution is -2.57. The lowest BCUT2D eigenvalue weighted by molar-refractivity contribution is -0.889. The number of carbonyl (C=O) groups is 4. The summed E-state index contributed by atoms with van der Waals surface area (Å²) in [7, 11) is 1.45. The Kier molecular flexibility index (Phi) is 13.1. The maximum absolute atomic E-state index is 14.7. The number of esters is 1. The van der Waals surface area contributed by atoms with Crippen molar-refractivity contribution in [3.63, 3.8) is 0 Å². The van der Waals surface area contributed by atoms with Crippen molar-refractivity contribution in [3.8, 4) is 11.5 Å². The highest BCUT2D eigenvalue weighted by Gasteiger charge is 2.55. The van der Waals surface area contributed by atoms with Crippen LogP contribution in [0.2, 0.25) is 0 Å². The number of ether oxygens (including phenoxy) is 4. The van der Waals surface area contributed by atoms with Crippen molar-refractivity contribution in [1.29, 1.82) is 0 Å². The fourth-order valence-corrected chi connectivity index (χ4v) is 9.51. The van der Waals surface area contributed by atoms with Crippen molar-refractivity contribution in [2.45, 2.75) is 118 Å². The Labute approximate surface area is 362 Å². The second kappa shape index (κ2) is 17.4. The summed E-state index contributed by atoms with van der Waals surface area (Å²) < 4.78 is 23.5. The predicted molar refractivity (Wildman–Crippen MR) is 229 cm³/mol. The number of quaternary nitrogens is 1. The first-order chi connectivity index (χ1) is 29.0. The first-order valence-corrected chi connectivity index (χ1v) is 21.4. The Morgan fingerprint density at radius 1 is 1.00 bits per heavy atom. The molecule has 16 nitrogen and oxygen atoms in total. The van der Waals surface area contributed by atoms with Crippen molar-refractivity contribution in [3.05, 3.63) is 75.0 Å². The highest BCUT2D eigenvalue weighted by Crippen LogP contribution is 2.50. The van der Waals surface area contributed by atoms with Crippen molar-refractivity contribution < 1.29 is 58.1 Å². The molecule has 16 heteroatoms. The summed E-state index contributed by atoms with van der Waals surface area (Å²) in [5.74, 6) is -7.46. The molecule has 1 aliphatic carbocycles. The molecule has 9 atom stereocenters. The number of amides is 1. The molecule has 62 heavy (non-hydrogen) atoms. The molecule has 5 bridgehead atoms. The lowest BCUT2D eigenvalue weighted by Gasteiger charge is -2.50. The van der Waals surface area contributed by atoms with Crippen LogP contribution in [0.25, 0.3) is 0 Å². The summed E-state index contributed by atoms with van der Waals surface area (Å²) in [6, 6.07) is 0. The van der Waals surface area contributed by atoms with Gasteiger partial charge >= 0.3 is 11.8 Å². The highest BCUT2D eigenvalue weighted by atomic mass is 16.7. The third kappa shape index (κ3) is 8.47. The SMILES string of the molecule is CO[C@H]1/C=C/O[C@@]2(C)Oc3c(C)c(O)c4c(c3C2=O)C2=NC3(CC[N+]([O-])(CC(C)C)CC3)NC2=C(NC(=O)/C(C)=C\C=C\[C@H](C)[C@H](O)[C@@H](C)[C@@H](O)[C@@H](C)[C@H](OC(C)=O)[C@@H]1C)C4=O. The van der Waals surface area contributed by atoms with E-state index in [0.717, 1.165) is 0 Å². The molecule has 6 rings (SSSR count). The van der Waals surface area contributed by atoms with Gasteiger partial charge in [0.05, 0.1) is 66.7 Å². The zero-order valence-corrected chi connectivity index (χ0v) is 37.5. The number of allylic oxidation sites excluding steroid dienone is 4. The third-order valence-corrected chi connectivity index (χ3v) is 13.2. The zero-order valence-electron chi connectivity index (χ0n) is 37.5. The second-order valence-electron chi connectivity index (χ2n) is 18.4. The van der Waals surface area contributed by atoms with Gasteiger partial charge in [0.1, 0.15) is 29.0 Å². The highest BCUT2D eigenvalue weighted by molar-refractivity contribution is 6.34. The monoisotopic (exact) mass is 862 g/mol. The van der Waals surface area contributed by atoms with Gasteiger partial charge in [0.25, 0.3) is 11.7 Å². The maximum Gasteiger partial charge on any atom is 0.312 e. The van der Waals surface area contributed by atoms with Gasteiger partial charge in [-0.3, -0.25) is 24.2 Å². The molecule has 1 aromatic rings. The van der Waals surface area contributed by atoms with Crippen LogP contribution in [0.4, 0.5) is 0 Å². The smallest absolute Gasteiger partial charge is 0.312 e. The number of aliphatic hydroxyl groups excluding tert-OH is 2. The van der Waals surface area contributed by atoms with Crippen LogP contribution in [0.1, 0.15) is 107 Å². The Bertz CT molecular complexity index is 2160. The number of carbonyl (C=O) groups excluding carboxylic acids is 4. The Morgan fingerprint density at radius 2 is 1.66 bits per heavy atom. The summed E-state index contributed by atoms with van der Waals surface area (Å²) in [6.45, 7) is 17.5. The van der Waals surface area contributed by atoms with E-state index in [-0.39, 0.29) is 82.5 Å². The van der Waals surface area contributed by atoms with Crippen molar-refractivity contribution in [2.75, 3.05) is 26.7 Å². The van der Waals surface area contributed by atoms with Gasteiger partial charge in [0.2, 0.25) is 5.78 Å². The molecule has 0 unspecified atom stereocenters. The molecule has 5 N–H and O–H groups in total. The number of phenolic OH excluding ortho intramolecular Hbond substituents is 1. The standard InChI is InChI=1S/C46H62N4O12/c1-22(2)21-50(58)18-16-46(17-19-50)48-34-31-32-39(54)28(8)42-33(31)43(56)45(10,62-42)60-20-15-30(59-11)25(5)41(61-29(9)51)27(7)38(53)26(6)37(52)23(3)13-12-14-24(4)44(57)47-36(40(32)55)35(34)49-46/h12-15,20,22-23,25-27,30,37-38,41,49,52-54H,16-19,21H2,1-11H3,(H,47,57)/b13-12+,20-15+,24-14-/t23-,25+,26+,27+,30-,37-,38+,41+,45-,46?,50?/m0/s1. The Balaban J connectivity index is 1.50. The number of aromatic hydroxyl groups is 1. The molecule has 4 aliphatic heterocycles. The molecule has 1 spiro atoms. The van der Waals surface area contributed by atoms with Crippen LogP contribution < -0.4 is 15.4 Å². The molecular formula is C46H62N4O12. The van der Waals surface area contributed by atoms with Crippen LogP contribution in [0.5, 0.6) is 11.5 Å². The molecule has 1 fully saturated rings. The van der Waals surface area contributed by atoms with Crippen LogP contribution >= 0.6 is 0 Å². The second-order valence-corrected chi connectivity index (χ2v) is 18.4. The normalized spacial score (nSPS) is 37.1. The number of rotatable bonds is 4. The fraction of sp³-hybridized carbons (Fsp3) is 0.587. The van der Waals surface area contributed by atoms with Crippen molar-refractivity contribution in [2.24, 2.45) is 34.6 Å². The minimum Gasteiger partial charge on any atom is -0.633 e. The molecule has 5 aliphatic rings. The van der Waals surface area contributed by atoms with Gasteiger partial charge in [-0.05, 0) is 19.9 Å². The number of hydrogen-bond acceptors (Lipinski definition) is 14. The number of phenols is 1. The van der Waals surface area contributed by atoms with Gasteiger partial charge in [0, 0.05) is 80.1 Å². The van der Waals surface area contributed by atoms with Gasteiger partial charge < -0.3 is 54.8 Å². The van der Waals surface area contributed by atoms with E-state index >= 15 is 0 Å². The summed E-state index contributed by atoms with van der Waals surface area (Å²) in [5.41, 5.74) is -0.921. The average molecular weight is 863 g/mol. The minimum atomic E-state index is -2.01. The number of benzene rings is 1. The number of nitrogens with one attached hydrogen (secondary N) is 2. The fourth-order valence-electron chi connectivity index (χ4n) is 9.51. The molecule has 0 saturated carbocycles. The number of Topliss-reactive ketones (excluding diaryl/α,β-unsaturated/α-hetero) is 2. The van der Waals surface area contributed by atoms with E-state index < -0.39 is 93.4 Å². The molecular weight excluding hydrogens is 801 g/mol. The number of ketones is 2. The van der Waals surface area contributed by atoms with Gasteiger partial charge in [-0.15, -0.1) is 0 Å². The molecule has 1 aromatic carbocycles. The first kappa shape index (κ1) is 46.6. The zero-order chi connectivity index (χ0) is 45.8. The van der Waals surface area contributed by atoms with E-state index in [0.29, 0.717) is 6.54 Å². The molecule has 338 valence electrons. The van der Waals surface area contributed by atoms with Crippen molar-refractivity contribution in [1.82, 2.24) is 10.6 Å². The topological polar surface area (TPSA) is 225 Å². The summed E-state index contributed by atoms with van der Waals surface area (Å²) in [5, 5.41) is 54.6. The van der Waals surface area contributed by atoms with E-state index in [4.69, 9.17) is 23.9 Å². The van der Waals surface area contributed by atoms with E-state index in [1.165, 1.54) is 46.3 Å². The number of fused-ring (bicyclic) bond motifs is 3.